The third-order valence-corrected chi connectivity index (χ3v) is 4.43. The van der Waals surface area contributed by atoms with Gasteiger partial charge in [0.25, 0.3) is 0 Å². The number of unbranched alkanes of at least 4 members (excludes halogenated alkanes) is 1. The summed E-state index contributed by atoms with van der Waals surface area (Å²) in [4.78, 5) is 2.56. The fourth-order valence-corrected chi connectivity index (χ4v) is 3.15. The molecule has 2 rings (SSSR count). The number of hydrogen-bond donors (Lipinski definition) is 1. The second kappa shape index (κ2) is 8.62. The highest BCUT2D eigenvalue weighted by Crippen LogP contribution is 2.13. The van der Waals surface area contributed by atoms with Crippen molar-refractivity contribution in [2.24, 2.45) is 0 Å². The van der Waals surface area contributed by atoms with Gasteiger partial charge in [0.1, 0.15) is 0 Å². The summed E-state index contributed by atoms with van der Waals surface area (Å²) in [5, 5.41) is 3.71. The number of hydrogen-bond acceptors (Lipinski definition) is 3. The maximum absolute atomic E-state index is 3.71. The van der Waals surface area contributed by atoms with Crippen molar-refractivity contribution >= 4 is 11.8 Å². The predicted octanol–water partition coefficient (Wildman–Crippen LogP) is 2.99. The van der Waals surface area contributed by atoms with Gasteiger partial charge in [-0.1, -0.05) is 30.3 Å². The molecule has 1 fully saturated rings. The summed E-state index contributed by atoms with van der Waals surface area (Å²) in [5.41, 5.74) is 1.43. The molecule has 0 radical (unpaired) electrons. The normalized spacial score (nSPS) is 19.9. The highest BCUT2D eigenvalue weighted by molar-refractivity contribution is 7.98. The van der Waals surface area contributed by atoms with Gasteiger partial charge in [-0.3, -0.25) is 4.90 Å². The molecule has 1 heterocycles. The standard InChI is InChI=1S/C16H26N2S/c1-19-12-6-5-10-17-16-9-11-18(14-16)13-15-7-3-2-4-8-15/h2-4,7-8,16-17H,5-6,9-14H2,1H3. The van der Waals surface area contributed by atoms with Crippen molar-refractivity contribution in [2.45, 2.75) is 31.8 Å². The van der Waals surface area contributed by atoms with Gasteiger partial charge in [-0.25, -0.2) is 0 Å². The Morgan fingerprint density at radius 3 is 2.89 bits per heavy atom. The summed E-state index contributed by atoms with van der Waals surface area (Å²) < 4.78 is 0. The van der Waals surface area contributed by atoms with Crippen LogP contribution in [0.1, 0.15) is 24.8 Å². The Labute approximate surface area is 122 Å². The number of rotatable bonds is 8. The van der Waals surface area contributed by atoms with Crippen LogP contribution >= 0.6 is 11.8 Å². The molecule has 1 unspecified atom stereocenters. The van der Waals surface area contributed by atoms with Crippen molar-refractivity contribution in [3.05, 3.63) is 35.9 Å². The highest BCUT2D eigenvalue weighted by atomic mass is 32.2. The molecule has 1 saturated heterocycles. The third-order valence-electron chi connectivity index (χ3n) is 3.73. The van der Waals surface area contributed by atoms with Crippen molar-refractivity contribution in [2.75, 3.05) is 31.6 Å². The first-order chi connectivity index (χ1) is 9.38. The van der Waals surface area contributed by atoms with Gasteiger partial charge in [0.05, 0.1) is 0 Å². The van der Waals surface area contributed by atoms with Crippen LogP contribution in [0.3, 0.4) is 0 Å². The van der Waals surface area contributed by atoms with Crippen molar-refractivity contribution in [3.8, 4) is 0 Å². The van der Waals surface area contributed by atoms with Gasteiger partial charge in [0.2, 0.25) is 0 Å². The van der Waals surface area contributed by atoms with E-state index < -0.39 is 0 Å². The molecule has 0 spiro atoms. The molecule has 0 amide bonds. The lowest BCUT2D eigenvalue weighted by atomic mass is 10.2. The van der Waals surface area contributed by atoms with Crippen LogP contribution in [0, 0.1) is 0 Å². The topological polar surface area (TPSA) is 15.3 Å². The van der Waals surface area contributed by atoms with Crippen LogP contribution in [0.5, 0.6) is 0 Å². The average molecular weight is 278 g/mol. The van der Waals surface area contributed by atoms with E-state index in [0.717, 1.165) is 6.54 Å². The van der Waals surface area contributed by atoms with E-state index in [2.05, 4.69) is 46.8 Å². The van der Waals surface area contributed by atoms with Gasteiger partial charge >= 0.3 is 0 Å². The Kier molecular flexibility index (Phi) is 6.75. The molecular weight excluding hydrogens is 252 g/mol. The molecule has 1 N–H and O–H groups in total. The van der Waals surface area contributed by atoms with Crippen LogP contribution in [-0.2, 0) is 6.54 Å². The van der Waals surface area contributed by atoms with Crippen molar-refractivity contribution in [3.63, 3.8) is 0 Å². The predicted molar refractivity (Wildman–Crippen MR) is 85.7 cm³/mol. The van der Waals surface area contributed by atoms with E-state index in [1.54, 1.807) is 0 Å². The Bertz CT molecular complexity index is 342. The van der Waals surface area contributed by atoms with E-state index in [0.29, 0.717) is 6.04 Å². The monoisotopic (exact) mass is 278 g/mol. The van der Waals surface area contributed by atoms with Crippen molar-refractivity contribution in [1.82, 2.24) is 10.2 Å². The average Bonchev–Trinajstić information content (AvgIpc) is 2.87. The largest absolute Gasteiger partial charge is 0.313 e. The SMILES string of the molecule is CSCCCCNC1CCN(Cc2ccccc2)C1. The lowest BCUT2D eigenvalue weighted by molar-refractivity contribution is 0.320. The fourth-order valence-electron chi connectivity index (χ4n) is 2.66. The first-order valence-corrected chi connectivity index (χ1v) is 8.76. The molecule has 0 saturated carbocycles. The number of thioether (sulfide) groups is 1. The van der Waals surface area contributed by atoms with E-state index >= 15 is 0 Å². The van der Waals surface area contributed by atoms with Crippen LogP contribution < -0.4 is 5.32 Å². The lowest BCUT2D eigenvalue weighted by Gasteiger charge is -2.16. The lowest BCUT2D eigenvalue weighted by Crippen LogP contribution is -2.33. The minimum absolute atomic E-state index is 0.706. The third kappa shape index (κ3) is 5.55. The van der Waals surface area contributed by atoms with Gasteiger partial charge < -0.3 is 5.32 Å². The van der Waals surface area contributed by atoms with Crippen molar-refractivity contribution in [1.29, 1.82) is 0 Å². The van der Waals surface area contributed by atoms with E-state index in [1.807, 2.05) is 11.8 Å². The highest BCUT2D eigenvalue weighted by Gasteiger charge is 2.21. The molecule has 3 heteroatoms. The summed E-state index contributed by atoms with van der Waals surface area (Å²) in [6, 6.07) is 11.5. The zero-order valence-corrected chi connectivity index (χ0v) is 12.8. The summed E-state index contributed by atoms with van der Waals surface area (Å²) in [5.74, 6) is 1.30. The van der Waals surface area contributed by atoms with E-state index in [9.17, 15) is 0 Å². The molecule has 106 valence electrons. The summed E-state index contributed by atoms with van der Waals surface area (Å²) in [6.45, 7) is 4.73. The van der Waals surface area contributed by atoms with Gasteiger partial charge in [0.15, 0.2) is 0 Å². The molecule has 1 aromatic carbocycles. The smallest absolute Gasteiger partial charge is 0.0234 e. The Morgan fingerprint density at radius 1 is 1.26 bits per heavy atom. The van der Waals surface area contributed by atoms with Crippen molar-refractivity contribution < 1.29 is 0 Å². The number of likely N-dealkylation sites (tertiary alicyclic amines) is 1. The maximum Gasteiger partial charge on any atom is 0.0234 e. The first kappa shape index (κ1) is 14.9. The molecule has 1 aliphatic rings. The first-order valence-electron chi connectivity index (χ1n) is 7.37. The van der Waals surface area contributed by atoms with Gasteiger partial charge in [-0.2, -0.15) is 11.8 Å². The minimum Gasteiger partial charge on any atom is -0.313 e. The molecule has 2 nitrogen and oxygen atoms in total. The van der Waals surface area contributed by atoms with Crippen LogP contribution in [0.25, 0.3) is 0 Å². The minimum atomic E-state index is 0.706. The Balaban J connectivity index is 1.60. The van der Waals surface area contributed by atoms with Gasteiger partial charge in [-0.15, -0.1) is 0 Å². The number of nitrogens with zero attached hydrogens (tertiary/aromatic N) is 1. The van der Waals surface area contributed by atoms with Gasteiger partial charge in [0, 0.05) is 25.7 Å². The molecule has 1 aromatic rings. The summed E-state index contributed by atoms with van der Waals surface area (Å²) in [6.07, 6.45) is 6.14. The van der Waals surface area contributed by atoms with Crippen LogP contribution in [0.15, 0.2) is 30.3 Å². The second-order valence-corrected chi connectivity index (χ2v) is 6.35. The van der Waals surface area contributed by atoms with Crippen LogP contribution in [-0.4, -0.2) is 42.6 Å². The molecule has 1 atom stereocenters. The Hall–Kier alpha value is -0.510. The quantitative estimate of drug-likeness (QED) is 0.736. The maximum atomic E-state index is 3.71. The zero-order valence-electron chi connectivity index (χ0n) is 12.0. The molecule has 19 heavy (non-hydrogen) atoms. The molecular formula is C16H26N2S. The van der Waals surface area contributed by atoms with Crippen LogP contribution in [0.4, 0.5) is 0 Å². The van der Waals surface area contributed by atoms with Gasteiger partial charge in [-0.05, 0) is 43.4 Å². The summed E-state index contributed by atoms with van der Waals surface area (Å²) >= 11 is 1.95. The molecule has 0 aliphatic carbocycles. The summed E-state index contributed by atoms with van der Waals surface area (Å²) in [7, 11) is 0. The molecule has 0 bridgehead atoms. The molecule has 1 aliphatic heterocycles. The Morgan fingerprint density at radius 2 is 2.11 bits per heavy atom. The van der Waals surface area contributed by atoms with E-state index in [1.165, 1.54) is 50.2 Å². The van der Waals surface area contributed by atoms with E-state index in [4.69, 9.17) is 0 Å². The molecule has 0 aromatic heterocycles. The van der Waals surface area contributed by atoms with Crippen LogP contribution in [0.2, 0.25) is 0 Å². The fraction of sp³-hybridized carbons (Fsp3) is 0.625. The number of nitrogens with one attached hydrogen (secondary N) is 1. The number of benzene rings is 1. The zero-order chi connectivity index (χ0) is 13.3. The van der Waals surface area contributed by atoms with E-state index in [-0.39, 0.29) is 0 Å². The second-order valence-electron chi connectivity index (χ2n) is 5.36.